The van der Waals surface area contributed by atoms with Crippen LogP contribution in [0.2, 0.25) is 0 Å². The quantitative estimate of drug-likeness (QED) is 0.267. The Balaban J connectivity index is 3.08. The van der Waals surface area contributed by atoms with Crippen molar-refractivity contribution in [3.05, 3.63) is 4.91 Å². The van der Waals surface area contributed by atoms with Gasteiger partial charge in [-0.2, -0.15) is 5.01 Å². The van der Waals surface area contributed by atoms with Crippen LogP contribution in [0.4, 0.5) is 4.79 Å². The normalized spacial score (nSPS) is 31.0. The minimum atomic E-state index is -1.64. The van der Waals surface area contributed by atoms with Crippen molar-refractivity contribution in [2.45, 2.75) is 50.5 Å². The lowest BCUT2D eigenvalue weighted by atomic mass is 9.97. The SMILES string of the molecule is CC(C)N(C(=O)N(CCCl)N=O)C1O[C@H](CO)[C@@H](O)[C@H](O)[C@H]1O. The number of amides is 2. The van der Waals surface area contributed by atoms with E-state index in [0.717, 1.165) is 4.90 Å². The van der Waals surface area contributed by atoms with E-state index in [2.05, 4.69) is 5.29 Å². The summed E-state index contributed by atoms with van der Waals surface area (Å²) < 4.78 is 5.34. The van der Waals surface area contributed by atoms with Gasteiger partial charge in [-0.05, 0) is 13.8 Å². The first-order valence-corrected chi connectivity index (χ1v) is 7.63. The zero-order valence-corrected chi connectivity index (χ0v) is 13.6. The van der Waals surface area contributed by atoms with Crippen LogP contribution in [0.25, 0.3) is 0 Å². The van der Waals surface area contributed by atoms with E-state index in [0.29, 0.717) is 5.01 Å². The molecule has 11 heteroatoms. The second-order valence-electron chi connectivity index (χ2n) is 5.40. The van der Waals surface area contributed by atoms with Crippen molar-refractivity contribution >= 4 is 17.6 Å². The highest BCUT2D eigenvalue weighted by Gasteiger charge is 2.48. The number of nitroso groups, excluding NO2 is 1. The highest BCUT2D eigenvalue weighted by Crippen LogP contribution is 2.26. The highest BCUT2D eigenvalue weighted by atomic mass is 35.5. The van der Waals surface area contributed by atoms with Crippen LogP contribution in [0.5, 0.6) is 0 Å². The summed E-state index contributed by atoms with van der Waals surface area (Å²) in [6.07, 6.45) is -7.36. The van der Waals surface area contributed by atoms with Gasteiger partial charge in [0.1, 0.15) is 24.4 Å². The minimum Gasteiger partial charge on any atom is -0.394 e. The Hall–Kier alpha value is -1.04. The zero-order valence-electron chi connectivity index (χ0n) is 12.8. The second-order valence-corrected chi connectivity index (χ2v) is 5.77. The van der Waals surface area contributed by atoms with E-state index < -0.39 is 49.3 Å². The fourth-order valence-corrected chi connectivity index (χ4v) is 2.48. The zero-order chi connectivity index (χ0) is 17.7. The number of halogens is 1. The molecule has 1 rings (SSSR count). The van der Waals surface area contributed by atoms with Gasteiger partial charge in [-0.1, -0.05) is 0 Å². The molecule has 1 heterocycles. The molecule has 0 radical (unpaired) electrons. The largest absolute Gasteiger partial charge is 0.394 e. The summed E-state index contributed by atoms with van der Waals surface area (Å²) in [5, 5.41) is 42.1. The van der Waals surface area contributed by atoms with Crippen molar-refractivity contribution in [3.8, 4) is 0 Å². The molecule has 5 atom stereocenters. The number of rotatable bonds is 6. The number of nitrogens with zero attached hydrogens (tertiary/aromatic N) is 3. The average Bonchev–Trinajstić information content (AvgIpc) is 2.52. The van der Waals surface area contributed by atoms with Gasteiger partial charge in [-0.25, -0.2) is 4.79 Å². The van der Waals surface area contributed by atoms with E-state index >= 15 is 0 Å². The van der Waals surface area contributed by atoms with E-state index in [1.807, 2.05) is 0 Å². The van der Waals surface area contributed by atoms with Crippen molar-refractivity contribution in [3.63, 3.8) is 0 Å². The third kappa shape index (κ3) is 4.28. The highest BCUT2D eigenvalue weighted by molar-refractivity contribution is 6.18. The van der Waals surface area contributed by atoms with Gasteiger partial charge in [-0.3, -0.25) is 4.90 Å². The molecule has 0 aromatic rings. The van der Waals surface area contributed by atoms with Gasteiger partial charge >= 0.3 is 6.03 Å². The molecule has 23 heavy (non-hydrogen) atoms. The number of aliphatic hydroxyl groups is 4. The van der Waals surface area contributed by atoms with E-state index in [9.17, 15) is 30.1 Å². The second kappa shape index (κ2) is 8.71. The molecule has 1 fully saturated rings. The molecule has 2 amide bonds. The van der Waals surface area contributed by atoms with Gasteiger partial charge in [0, 0.05) is 11.9 Å². The lowest BCUT2D eigenvalue weighted by molar-refractivity contribution is -0.261. The summed E-state index contributed by atoms with van der Waals surface area (Å²) >= 11 is 5.51. The van der Waals surface area contributed by atoms with Crippen LogP contribution >= 0.6 is 11.6 Å². The van der Waals surface area contributed by atoms with Gasteiger partial charge in [0.25, 0.3) is 0 Å². The first-order valence-electron chi connectivity index (χ1n) is 7.09. The molecule has 0 bridgehead atoms. The molecule has 4 N–H and O–H groups in total. The molecule has 10 nitrogen and oxygen atoms in total. The molecule has 1 unspecified atom stereocenters. The van der Waals surface area contributed by atoms with Crippen LogP contribution in [0.3, 0.4) is 0 Å². The molecule has 0 spiro atoms. The maximum atomic E-state index is 12.4. The summed E-state index contributed by atoms with van der Waals surface area (Å²) in [5.41, 5.74) is 0. The number of aliphatic hydroxyl groups excluding tert-OH is 4. The summed E-state index contributed by atoms with van der Waals surface area (Å²) in [6.45, 7) is 2.43. The van der Waals surface area contributed by atoms with Crippen molar-refractivity contribution in [1.82, 2.24) is 9.91 Å². The number of alkyl halides is 1. The van der Waals surface area contributed by atoms with Gasteiger partial charge in [0.05, 0.1) is 18.4 Å². The Bertz CT molecular complexity index is 412. The van der Waals surface area contributed by atoms with Crippen LogP contribution < -0.4 is 0 Å². The Morgan fingerprint density at radius 3 is 2.30 bits per heavy atom. The first-order chi connectivity index (χ1) is 10.8. The molecule has 0 aromatic carbocycles. The Morgan fingerprint density at radius 1 is 1.26 bits per heavy atom. The molecule has 0 aliphatic carbocycles. The van der Waals surface area contributed by atoms with Crippen LogP contribution in [-0.4, -0.2) is 92.1 Å². The molecule has 134 valence electrons. The standard InChI is InChI=1S/C12H22ClN3O7/c1-6(2)16(12(21)15(14-22)4-3-13)11-10(20)9(19)8(18)7(5-17)23-11/h6-11,17-20H,3-5H2,1-2H3/t7-,8-,9+,10-,11?/m1/s1. The van der Waals surface area contributed by atoms with Crippen LogP contribution in [0.15, 0.2) is 5.29 Å². The number of hydrogen-bond donors (Lipinski definition) is 4. The number of carbonyl (C=O) groups excluding carboxylic acids is 1. The van der Waals surface area contributed by atoms with Crippen molar-refractivity contribution in [2.75, 3.05) is 19.0 Å². The third-order valence-electron chi connectivity index (χ3n) is 3.53. The van der Waals surface area contributed by atoms with Crippen LogP contribution in [0, 0.1) is 4.91 Å². The predicted molar refractivity (Wildman–Crippen MR) is 79.4 cm³/mol. The molecule has 1 aliphatic heterocycles. The average molecular weight is 356 g/mol. The number of urea groups is 1. The van der Waals surface area contributed by atoms with Crippen LogP contribution in [0.1, 0.15) is 13.8 Å². The van der Waals surface area contributed by atoms with Gasteiger partial charge in [-0.15, -0.1) is 16.5 Å². The van der Waals surface area contributed by atoms with Gasteiger partial charge < -0.3 is 25.2 Å². The third-order valence-corrected chi connectivity index (χ3v) is 3.70. The van der Waals surface area contributed by atoms with E-state index in [1.54, 1.807) is 13.8 Å². The van der Waals surface area contributed by atoms with E-state index in [4.69, 9.17) is 16.3 Å². The van der Waals surface area contributed by atoms with Crippen LogP contribution in [-0.2, 0) is 4.74 Å². The monoisotopic (exact) mass is 355 g/mol. The van der Waals surface area contributed by atoms with Crippen molar-refractivity contribution in [1.29, 1.82) is 0 Å². The van der Waals surface area contributed by atoms with Crippen molar-refractivity contribution in [2.24, 2.45) is 5.29 Å². The Morgan fingerprint density at radius 2 is 1.87 bits per heavy atom. The molecular formula is C12H22ClN3O7. The maximum absolute atomic E-state index is 12.4. The first kappa shape index (κ1) is 20.0. The minimum absolute atomic E-state index is 0.0297. The Kier molecular flexibility index (Phi) is 7.58. The fraction of sp³-hybridized carbons (Fsp3) is 0.917. The lowest BCUT2D eigenvalue weighted by Crippen LogP contribution is -2.66. The molecule has 1 saturated heterocycles. The van der Waals surface area contributed by atoms with Gasteiger partial charge in [0.2, 0.25) is 0 Å². The molecular weight excluding hydrogens is 334 g/mol. The summed E-state index contributed by atoms with van der Waals surface area (Å²) in [5.74, 6) is -0.0297. The maximum Gasteiger partial charge on any atom is 0.345 e. The Labute approximate surface area is 138 Å². The predicted octanol–water partition coefficient (Wildman–Crippen LogP) is -1.16. The van der Waals surface area contributed by atoms with Crippen molar-refractivity contribution < 1.29 is 30.0 Å². The molecule has 1 aliphatic rings. The summed E-state index contributed by atoms with van der Waals surface area (Å²) in [7, 11) is 0. The number of carbonyl (C=O) groups is 1. The summed E-state index contributed by atoms with van der Waals surface area (Å²) in [6, 6.07) is -1.41. The molecule has 0 saturated carbocycles. The summed E-state index contributed by atoms with van der Waals surface area (Å²) in [4.78, 5) is 24.2. The molecule has 0 aromatic heterocycles. The number of ether oxygens (including phenoxy) is 1. The van der Waals surface area contributed by atoms with Gasteiger partial charge in [0.15, 0.2) is 6.23 Å². The number of hydrogen-bond acceptors (Lipinski definition) is 8. The fourth-order valence-electron chi connectivity index (χ4n) is 2.32. The van der Waals surface area contributed by atoms with E-state index in [1.165, 1.54) is 0 Å². The topological polar surface area (TPSA) is 143 Å². The lowest BCUT2D eigenvalue weighted by Gasteiger charge is -2.46. The van der Waals surface area contributed by atoms with E-state index in [-0.39, 0.29) is 12.4 Å². The smallest absolute Gasteiger partial charge is 0.345 e.